The molecule has 1 fully saturated rings. The molecule has 0 aromatic heterocycles. The molecule has 2 heterocycles. The molecule has 0 bridgehead atoms. The maximum atomic E-state index is 12.4. The minimum atomic E-state index is -0.295. The van der Waals surface area contributed by atoms with Crippen molar-refractivity contribution in [1.29, 1.82) is 0 Å². The molecule has 1 atom stereocenters. The first-order chi connectivity index (χ1) is 12.4. The number of carbonyl (C=O) groups is 3. The summed E-state index contributed by atoms with van der Waals surface area (Å²) >= 11 is 0. The molecule has 0 aliphatic carbocycles. The van der Waals surface area contributed by atoms with Gasteiger partial charge in [-0.1, -0.05) is 13.8 Å². The van der Waals surface area contributed by atoms with Gasteiger partial charge in [0.15, 0.2) is 0 Å². The highest BCUT2D eigenvalue weighted by molar-refractivity contribution is 6.01. The number of nitrogens with one attached hydrogen (secondary N) is 1. The maximum Gasteiger partial charge on any atom is 0.227 e. The molecule has 1 aromatic rings. The number of benzene rings is 1. The molecule has 3 amide bonds. The summed E-state index contributed by atoms with van der Waals surface area (Å²) in [4.78, 5) is 39.9. The van der Waals surface area contributed by atoms with Gasteiger partial charge in [-0.05, 0) is 42.5 Å². The molecular formula is C20H27N3O3. The Kier molecular flexibility index (Phi) is 5.30. The number of carbonyl (C=O) groups excluding carboxylic acids is 3. The van der Waals surface area contributed by atoms with Crippen molar-refractivity contribution in [2.75, 3.05) is 29.4 Å². The average Bonchev–Trinajstić information content (AvgIpc) is 3.17. The Hall–Kier alpha value is -2.37. The van der Waals surface area contributed by atoms with Crippen LogP contribution in [0.15, 0.2) is 18.2 Å². The summed E-state index contributed by atoms with van der Waals surface area (Å²) in [6.45, 7) is 7.56. The molecule has 1 N–H and O–H groups in total. The lowest BCUT2D eigenvalue weighted by molar-refractivity contribution is -0.126. The molecular weight excluding hydrogens is 330 g/mol. The van der Waals surface area contributed by atoms with Crippen LogP contribution < -0.4 is 15.1 Å². The summed E-state index contributed by atoms with van der Waals surface area (Å²) in [5.74, 6) is 0.224. The fraction of sp³-hybridized carbons (Fsp3) is 0.550. The Morgan fingerprint density at radius 1 is 1.31 bits per heavy atom. The van der Waals surface area contributed by atoms with E-state index >= 15 is 0 Å². The van der Waals surface area contributed by atoms with E-state index < -0.39 is 0 Å². The van der Waals surface area contributed by atoms with Gasteiger partial charge in [0.05, 0.1) is 5.92 Å². The highest BCUT2D eigenvalue weighted by atomic mass is 16.2. The van der Waals surface area contributed by atoms with Crippen LogP contribution in [0.1, 0.15) is 39.2 Å². The second-order valence-electron chi connectivity index (χ2n) is 7.61. The van der Waals surface area contributed by atoms with Gasteiger partial charge in [0.25, 0.3) is 0 Å². The third-order valence-electron chi connectivity index (χ3n) is 5.17. The van der Waals surface area contributed by atoms with Crippen LogP contribution in [0.2, 0.25) is 0 Å². The first kappa shape index (κ1) is 18.4. The van der Waals surface area contributed by atoms with Gasteiger partial charge in [-0.2, -0.15) is 0 Å². The number of hydrogen-bond donors (Lipinski definition) is 1. The Morgan fingerprint density at radius 2 is 2.08 bits per heavy atom. The lowest BCUT2D eigenvalue weighted by Gasteiger charge is -2.19. The van der Waals surface area contributed by atoms with Crippen LogP contribution >= 0.6 is 0 Å². The molecule has 0 spiro atoms. The number of nitrogens with zero attached hydrogens (tertiary/aromatic N) is 2. The van der Waals surface area contributed by atoms with E-state index in [1.165, 1.54) is 0 Å². The number of fused-ring (bicyclic) bond motifs is 1. The highest BCUT2D eigenvalue weighted by Crippen LogP contribution is 2.34. The number of amides is 3. The van der Waals surface area contributed by atoms with Crippen LogP contribution in [0.5, 0.6) is 0 Å². The van der Waals surface area contributed by atoms with Crippen LogP contribution in [0.4, 0.5) is 11.4 Å². The zero-order valence-corrected chi connectivity index (χ0v) is 15.7. The van der Waals surface area contributed by atoms with E-state index in [0.717, 1.165) is 29.8 Å². The van der Waals surface area contributed by atoms with Gasteiger partial charge < -0.3 is 15.1 Å². The topological polar surface area (TPSA) is 69.7 Å². The Bertz CT molecular complexity index is 729. The van der Waals surface area contributed by atoms with E-state index in [0.29, 0.717) is 25.6 Å². The molecule has 0 unspecified atom stereocenters. The zero-order valence-electron chi connectivity index (χ0n) is 15.7. The molecule has 6 nitrogen and oxygen atoms in total. The van der Waals surface area contributed by atoms with Crippen molar-refractivity contribution in [3.63, 3.8) is 0 Å². The number of hydrogen-bond acceptors (Lipinski definition) is 3. The third-order valence-corrected chi connectivity index (χ3v) is 5.17. The summed E-state index contributed by atoms with van der Waals surface area (Å²) in [5, 5.41) is 2.95. The molecule has 140 valence electrons. The van der Waals surface area contributed by atoms with Crippen molar-refractivity contribution < 1.29 is 14.4 Å². The highest BCUT2D eigenvalue weighted by Gasteiger charge is 2.35. The van der Waals surface area contributed by atoms with Crippen molar-refractivity contribution in [2.45, 2.75) is 40.0 Å². The van der Waals surface area contributed by atoms with Crippen molar-refractivity contribution in [1.82, 2.24) is 5.32 Å². The molecule has 0 radical (unpaired) electrons. The Balaban J connectivity index is 1.66. The van der Waals surface area contributed by atoms with Gasteiger partial charge >= 0.3 is 0 Å². The van der Waals surface area contributed by atoms with Crippen LogP contribution in [0.25, 0.3) is 0 Å². The van der Waals surface area contributed by atoms with Gasteiger partial charge in [0.2, 0.25) is 17.7 Å². The second kappa shape index (κ2) is 7.48. The predicted octanol–water partition coefficient (Wildman–Crippen LogP) is 2.11. The smallest absolute Gasteiger partial charge is 0.227 e. The zero-order chi connectivity index (χ0) is 18.8. The minimum Gasteiger partial charge on any atom is -0.356 e. The van der Waals surface area contributed by atoms with E-state index in [1.54, 1.807) is 16.7 Å². The fourth-order valence-corrected chi connectivity index (χ4v) is 3.64. The third kappa shape index (κ3) is 3.74. The lowest BCUT2D eigenvalue weighted by Crippen LogP contribution is -2.33. The number of rotatable bonds is 5. The molecule has 0 saturated carbocycles. The molecule has 1 aromatic carbocycles. The Labute approximate surface area is 154 Å². The second-order valence-corrected chi connectivity index (χ2v) is 7.61. The molecule has 26 heavy (non-hydrogen) atoms. The summed E-state index contributed by atoms with van der Waals surface area (Å²) < 4.78 is 0. The van der Waals surface area contributed by atoms with Crippen molar-refractivity contribution in [3.8, 4) is 0 Å². The molecule has 6 heteroatoms. The van der Waals surface area contributed by atoms with Crippen LogP contribution in [-0.2, 0) is 20.8 Å². The van der Waals surface area contributed by atoms with Gasteiger partial charge in [0, 0.05) is 44.4 Å². The van der Waals surface area contributed by atoms with Crippen molar-refractivity contribution in [3.05, 3.63) is 23.8 Å². The largest absolute Gasteiger partial charge is 0.356 e. The minimum absolute atomic E-state index is 0.0182. The molecule has 1 saturated heterocycles. The normalized spacial score (nSPS) is 19.2. The van der Waals surface area contributed by atoms with Gasteiger partial charge in [0.1, 0.15) is 0 Å². The lowest BCUT2D eigenvalue weighted by atomic mass is 10.1. The fourth-order valence-electron chi connectivity index (χ4n) is 3.64. The van der Waals surface area contributed by atoms with Gasteiger partial charge in [-0.3, -0.25) is 14.4 Å². The van der Waals surface area contributed by atoms with E-state index in [1.807, 2.05) is 18.2 Å². The van der Waals surface area contributed by atoms with Crippen LogP contribution in [-0.4, -0.2) is 37.4 Å². The quantitative estimate of drug-likeness (QED) is 0.877. The van der Waals surface area contributed by atoms with Crippen LogP contribution in [0.3, 0.4) is 0 Å². The van der Waals surface area contributed by atoms with Gasteiger partial charge in [-0.15, -0.1) is 0 Å². The molecule has 2 aliphatic rings. The average molecular weight is 357 g/mol. The number of anilines is 2. The molecule has 2 aliphatic heterocycles. The summed E-state index contributed by atoms with van der Waals surface area (Å²) in [7, 11) is 0. The molecule has 3 rings (SSSR count). The maximum absolute atomic E-state index is 12.4. The van der Waals surface area contributed by atoms with E-state index in [-0.39, 0.29) is 30.1 Å². The van der Waals surface area contributed by atoms with Crippen molar-refractivity contribution >= 4 is 29.1 Å². The Morgan fingerprint density at radius 3 is 2.77 bits per heavy atom. The van der Waals surface area contributed by atoms with E-state index in [9.17, 15) is 14.4 Å². The van der Waals surface area contributed by atoms with Crippen LogP contribution in [0, 0.1) is 11.8 Å². The first-order valence-electron chi connectivity index (χ1n) is 9.36. The van der Waals surface area contributed by atoms with Crippen molar-refractivity contribution in [2.24, 2.45) is 11.8 Å². The standard InChI is InChI=1S/C20H27N3O3/c1-13(2)6-8-21-20(26)16-11-19(25)23(12-16)17-4-5-18-15(10-17)7-9-22(18)14(3)24/h4-5,10,13,16H,6-9,11-12H2,1-3H3,(H,21,26)/t16-/m1/s1. The van der Waals surface area contributed by atoms with E-state index in [4.69, 9.17) is 0 Å². The summed E-state index contributed by atoms with van der Waals surface area (Å²) in [6.07, 6.45) is 1.99. The summed E-state index contributed by atoms with van der Waals surface area (Å²) in [5.41, 5.74) is 2.82. The predicted molar refractivity (Wildman–Crippen MR) is 101 cm³/mol. The SMILES string of the molecule is CC(=O)N1CCc2cc(N3C[C@H](C(=O)NCCC(C)C)CC3=O)ccc21. The summed E-state index contributed by atoms with van der Waals surface area (Å²) in [6, 6.07) is 5.76. The monoisotopic (exact) mass is 357 g/mol. The first-order valence-corrected chi connectivity index (χ1v) is 9.36. The van der Waals surface area contributed by atoms with Gasteiger partial charge in [-0.25, -0.2) is 0 Å². The van der Waals surface area contributed by atoms with E-state index in [2.05, 4.69) is 19.2 Å².